The predicted molar refractivity (Wildman–Crippen MR) is 82.3 cm³/mol. The van der Waals surface area contributed by atoms with E-state index in [0.29, 0.717) is 19.5 Å². The van der Waals surface area contributed by atoms with Crippen LogP contribution >= 0.6 is 0 Å². The van der Waals surface area contributed by atoms with Gasteiger partial charge < -0.3 is 20.1 Å². The van der Waals surface area contributed by atoms with Gasteiger partial charge >= 0.3 is 6.09 Å². The summed E-state index contributed by atoms with van der Waals surface area (Å²) in [6.45, 7) is 6.65. The van der Waals surface area contributed by atoms with Crippen LogP contribution in [-0.2, 0) is 9.53 Å². The highest BCUT2D eigenvalue weighted by Gasteiger charge is 2.33. The Morgan fingerprint density at radius 2 is 1.77 bits per heavy atom. The van der Waals surface area contributed by atoms with Crippen LogP contribution in [0, 0.1) is 5.92 Å². The smallest absolute Gasteiger partial charge is 0.407 e. The van der Waals surface area contributed by atoms with Crippen LogP contribution in [0.25, 0.3) is 0 Å². The standard InChI is InChI=1S/C16H28N2O4/c1-16(2,3)22-15(21)17-12-6-4-11(5-7-12)14(20)18-9-8-13(19)10-18/h11-13,19H,4-10H2,1-3H3,(H,17,21). The molecule has 1 aliphatic heterocycles. The molecule has 1 unspecified atom stereocenters. The molecule has 22 heavy (non-hydrogen) atoms. The monoisotopic (exact) mass is 312 g/mol. The molecule has 2 rings (SSSR count). The van der Waals surface area contributed by atoms with E-state index in [1.165, 1.54) is 0 Å². The molecule has 0 spiro atoms. The van der Waals surface area contributed by atoms with Gasteiger partial charge in [-0.1, -0.05) is 0 Å². The third-order valence-corrected chi connectivity index (χ3v) is 4.27. The minimum Gasteiger partial charge on any atom is -0.444 e. The summed E-state index contributed by atoms with van der Waals surface area (Å²) in [5.74, 6) is 0.189. The number of nitrogens with one attached hydrogen (secondary N) is 1. The number of hydrogen-bond donors (Lipinski definition) is 2. The third kappa shape index (κ3) is 4.87. The first-order chi connectivity index (χ1) is 10.2. The summed E-state index contributed by atoms with van der Waals surface area (Å²) >= 11 is 0. The second-order valence-corrected chi connectivity index (χ2v) is 7.42. The molecule has 2 amide bonds. The fourth-order valence-corrected chi connectivity index (χ4v) is 3.16. The zero-order chi connectivity index (χ0) is 16.3. The Labute approximate surface area is 132 Å². The van der Waals surface area contributed by atoms with Gasteiger partial charge in [0.2, 0.25) is 5.91 Å². The van der Waals surface area contributed by atoms with Crippen LogP contribution in [0.15, 0.2) is 0 Å². The summed E-state index contributed by atoms with van der Waals surface area (Å²) in [4.78, 5) is 25.9. The number of amides is 2. The van der Waals surface area contributed by atoms with E-state index in [-0.39, 0.29) is 30.1 Å². The Kier molecular flexibility index (Phi) is 5.32. The number of aliphatic hydroxyl groups excluding tert-OH is 1. The van der Waals surface area contributed by atoms with Gasteiger partial charge in [0.1, 0.15) is 5.60 Å². The molecule has 0 bridgehead atoms. The molecular weight excluding hydrogens is 284 g/mol. The maximum atomic E-state index is 12.4. The molecule has 1 saturated carbocycles. The maximum absolute atomic E-state index is 12.4. The second kappa shape index (κ2) is 6.86. The maximum Gasteiger partial charge on any atom is 0.407 e. The summed E-state index contributed by atoms with van der Waals surface area (Å²) in [5.41, 5.74) is -0.492. The van der Waals surface area contributed by atoms with E-state index in [1.807, 2.05) is 20.8 Å². The van der Waals surface area contributed by atoms with Crippen LogP contribution in [0.1, 0.15) is 52.9 Å². The van der Waals surface area contributed by atoms with Gasteiger partial charge in [-0.25, -0.2) is 4.79 Å². The van der Waals surface area contributed by atoms with Gasteiger partial charge in [-0.3, -0.25) is 4.79 Å². The lowest BCUT2D eigenvalue weighted by molar-refractivity contribution is -0.135. The van der Waals surface area contributed by atoms with Crippen molar-refractivity contribution in [3.05, 3.63) is 0 Å². The average Bonchev–Trinajstić information content (AvgIpc) is 2.83. The molecule has 1 aliphatic carbocycles. The van der Waals surface area contributed by atoms with Gasteiger partial charge in [0.15, 0.2) is 0 Å². The van der Waals surface area contributed by atoms with E-state index in [4.69, 9.17) is 4.74 Å². The molecule has 6 heteroatoms. The lowest BCUT2D eigenvalue weighted by Gasteiger charge is -2.31. The van der Waals surface area contributed by atoms with Gasteiger partial charge in [0.05, 0.1) is 6.10 Å². The molecule has 1 atom stereocenters. The number of nitrogens with zero attached hydrogens (tertiary/aromatic N) is 1. The normalized spacial score (nSPS) is 29.3. The van der Waals surface area contributed by atoms with Crippen molar-refractivity contribution < 1.29 is 19.4 Å². The van der Waals surface area contributed by atoms with Crippen molar-refractivity contribution in [3.8, 4) is 0 Å². The zero-order valence-corrected chi connectivity index (χ0v) is 13.8. The van der Waals surface area contributed by atoms with Crippen LogP contribution in [-0.4, -0.2) is 52.8 Å². The third-order valence-electron chi connectivity index (χ3n) is 4.27. The number of alkyl carbamates (subject to hydrolysis) is 1. The Hall–Kier alpha value is -1.30. The fourth-order valence-electron chi connectivity index (χ4n) is 3.16. The van der Waals surface area contributed by atoms with Crippen molar-refractivity contribution in [3.63, 3.8) is 0 Å². The quantitative estimate of drug-likeness (QED) is 0.813. The number of rotatable bonds is 2. The number of ether oxygens (including phenoxy) is 1. The van der Waals surface area contributed by atoms with Gasteiger partial charge in [0, 0.05) is 25.0 Å². The minimum absolute atomic E-state index is 0.0296. The predicted octanol–water partition coefficient (Wildman–Crippen LogP) is 1.66. The Morgan fingerprint density at radius 1 is 1.14 bits per heavy atom. The van der Waals surface area contributed by atoms with Crippen molar-refractivity contribution in [2.75, 3.05) is 13.1 Å². The first kappa shape index (κ1) is 17.1. The lowest BCUT2D eigenvalue weighted by atomic mass is 9.85. The molecule has 0 aromatic heterocycles. The molecular formula is C16H28N2O4. The van der Waals surface area contributed by atoms with Crippen molar-refractivity contribution in [1.82, 2.24) is 10.2 Å². The van der Waals surface area contributed by atoms with E-state index in [2.05, 4.69) is 5.32 Å². The SMILES string of the molecule is CC(C)(C)OC(=O)NC1CCC(C(=O)N2CCC(O)C2)CC1. The van der Waals surface area contributed by atoms with Crippen LogP contribution < -0.4 is 5.32 Å². The number of hydrogen-bond acceptors (Lipinski definition) is 4. The Balaban J connectivity index is 1.73. The molecule has 2 N–H and O–H groups in total. The molecule has 6 nitrogen and oxygen atoms in total. The average molecular weight is 312 g/mol. The summed E-state index contributed by atoms with van der Waals surface area (Å²) in [6.07, 6.45) is 3.09. The first-order valence-electron chi connectivity index (χ1n) is 8.21. The summed E-state index contributed by atoms with van der Waals surface area (Å²) in [6, 6.07) is 0.0862. The van der Waals surface area contributed by atoms with Crippen molar-refractivity contribution >= 4 is 12.0 Å². The topological polar surface area (TPSA) is 78.9 Å². The van der Waals surface area contributed by atoms with Crippen LogP contribution in [0.2, 0.25) is 0 Å². The lowest BCUT2D eigenvalue weighted by Crippen LogP contribution is -2.43. The first-order valence-corrected chi connectivity index (χ1v) is 8.21. The van der Waals surface area contributed by atoms with E-state index >= 15 is 0 Å². The number of carbonyl (C=O) groups excluding carboxylic acids is 2. The molecule has 126 valence electrons. The highest BCUT2D eigenvalue weighted by atomic mass is 16.6. The fraction of sp³-hybridized carbons (Fsp3) is 0.875. The second-order valence-electron chi connectivity index (χ2n) is 7.42. The van der Waals surface area contributed by atoms with Gasteiger partial charge in [-0.2, -0.15) is 0 Å². The van der Waals surface area contributed by atoms with Gasteiger partial charge in [0.25, 0.3) is 0 Å². The molecule has 0 radical (unpaired) electrons. The van der Waals surface area contributed by atoms with Crippen LogP contribution in [0.4, 0.5) is 4.79 Å². The molecule has 0 aromatic carbocycles. The molecule has 2 fully saturated rings. The van der Waals surface area contributed by atoms with Gasteiger partial charge in [-0.15, -0.1) is 0 Å². The van der Waals surface area contributed by atoms with Crippen LogP contribution in [0.5, 0.6) is 0 Å². The summed E-state index contributed by atoms with van der Waals surface area (Å²) in [7, 11) is 0. The molecule has 1 heterocycles. The van der Waals surface area contributed by atoms with E-state index < -0.39 is 5.60 Å². The van der Waals surface area contributed by atoms with Crippen LogP contribution in [0.3, 0.4) is 0 Å². The van der Waals surface area contributed by atoms with E-state index in [9.17, 15) is 14.7 Å². The molecule has 0 aromatic rings. The number of β-amino-alcohol motifs (C(OH)–C–C–N with tert-alkyl or cyclic N) is 1. The highest BCUT2D eigenvalue weighted by molar-refractivity contribution is 5.79. The van der Waals surface area contributed by atoms with Crippen molar-refractivity contribution in [2.45, 2.75) is 70.6 Å². The van der Waals surface area contributed by atoms with E-state index in [0.717, 1.165) is 25.7 Å². The minimum atomic E-state index is -0.492. The number of likely N-dealkylation sites (tertiary alicyclic amines) is 1. The Morgan fingerprint density at radius 3 is 2.27 bits per heavy atom. The molecule has 1 saturated heterocycles. The highest BCUT2D eigenvalue weighted by Crippen LogP contribution is 2.27. The van der Waals surface area contributed by atoms with Crippen molar-refractivity contribution in [2.24, 2.45) is 5.92 Å². The number of carbonyl (C=O) groups is 2. The zero-order valence-electron chi connectivity index (χ0n) is 13.8. The van der Waals surface area contributed by atoms with Gasteiger partial charge in [-0.05, 0) is 52.9 Å². The van der Waals surface area contributed by atoms with E-state index in [1.54, 1.807) is 4.90 Å². The largest absolute Gasteiger partial charge is 0.444 e. The summed E-state index contributed by atoms with van der Waals surface area (Å²) in [5, 5.41) is 12.4. The Bertz CT molecular complexity index is 411. The molecule has 2 aliphatic rings. The van der Waals surface area contributed by atoms with Crippen molar-refractivity contribution in [1.29, 1.82) is 0 Å². The summed E-state index contributed by atoms with van der Waals surface area (Å²) < 4.78 is 5.25. The number of aliphatic hydroxyl groups is 1.